The van der Waals surface area contributed by atoms with Crippen LogP contribution in [0.15, 0.2) is 12.4 Å². The second kappa shape index (κ2) is 4.85. The van der Waals surface area contributed by atoms with E-state index in [1.165, 1.54) is 25.6 Å². The first-order valence-corrected chi connectivity index (χ1v) is 5.86. The van der Waals surface area contributed by atoms with Crippen LogP contribution in [0.5, 0.6) is 0 Å². The molecule has 0 aromatic carbocycles. The van der Waals surface area contributed by atoms with E-state index >= 15 is 0 Å². The molecule has 0 amide bonds. The highest BCUT2D eigenvalue weighted by atomic mass is 15.3. The Balaban J connectivity index is 1.97. The Labute approximate surface area is 102 Å². The molecule has 0 spiro atoms. The van der Waals surface area contributed by atoms with Gasteiger partial charge in [-0.1, -0.05) is 0 Å². The van der Waals surface area contributed by atoms with Gasteiger partial charge in [-0.3, -0.25) is 0 Å². The minimum absolute atomic E-state index is 0.279. The summed E-state index contributed by atoms with van der Waals surface area (Å²) in [6, 6.07) is 1.81. The van der Waals surface area contributed by atoms with Crippen LogP contribution in [0.4, 0.5) is 11.6 Å². The first-order chi connectivity index (χ1) is 8.16. The second-order valence-corrected chi connectivity index (χ2v) is 4.76. The van der Waals surface area contributed by atoms with E-state index in [9.17, 15) is 0 Å². The molecule has 1 fully saturated rings. The number of likely N-dealkylation sites (N-methyl/N-ethyl adjacent to an activating group) is 1. The molecule has 0 aliphatic heterocycles. The topological polar surface area (TPSA) is 79.1 Å². The maximum atomic E-state index is 5.31. The third-order valence-electron chi connectivity index (χ3n) is 3.65. The zero-order chi connectivity index (χ0) is 12.3. The molecular weight excluding hydrogens is 216 g/mol. The number of hydrogen-bond acceptors (Lipinski definition) is 6. The van der Waals surface area contributed by atoms with E-state index in [-0.39, 0.29) is 5.54 Å². The Morgan fingerprint density at radius 2 is 2.06 bits per heavy atom. The Morgan fingerprint density at radius 1 is 1.35 bits per heavy atom. The minimum Gasteiger partial charge on any atom is -0.368 e. The molecule has 4 N–H and O–H groups in total. The average molecular weight is 236 g/mol. The Kier molecular flexibility index (Phi) is 3.44. The number of hydrazine groups is 1. The SMILES string of the molecule is CN(C)C1(CNc2cc(NN)ncn2)CCC1. The van der Waals surface area contributed by atoms with Gasteiger partial charge in [0.2, 0.25) is 0 Å². The van der Waals surface area contributed by atoms with Gasteiger partial charge >= 0.3 is 0 Å². The summed E-state index contributed by atoms with van der Waals surface area (Å²) in [5.74, 6) is 6.74. The van der Waals surface area contributed by atoms with Gasteiger partial charge < -0.3 is 15.6 Å². The Hall–Kier alpha value is -1.40. The third kappa shape index (κ3) is 2.48. The van der Waals surface area contributed by atoms with Crippen molar-refractivity contribution in [3.05, 3.63) is 12.4 Å². The van der Waals surface area contributed by atoms with Crippen LogP contribution in [0, 0.1) is 0 Å². The molecule has 0 saturated heterocycles. The number of hydrogen-bond donors (Lipinski definition) is 3. The molecular formula is C11H20N6. The lowest BCUT2D eigenvalue weighted by molar-refractivity contribution is 0.0738. The summed E-state index contributed by atoms with van der Waals surface area (Å²) in [4.78, 5) is 10.4. The summed E-state index contributed by atoms with van der Waals surface area (Å²) in [5, 5.41) is 3.36. The monoisotopic (exact) mass is 236 g/mol. The van der Waals surface area contributed by atoms with E-state index in [0.717, 1.165) is 12.4 Å². The van der Waals surface area contributed by atoms with Crippen LogP contribution in [-0.4, -0.2) is 41.0 Å². The number of nitrogens with two attached hydrogens (primary N) is 1. The molecule has 1 aliphatic rings. The molecule has 1 aromatic rings. The standard InChI is InChI=1S/C11H20N6/c1-17(2)11(4-3-5-11)7-13-9-6-10(16-12)15-8-14-9/h6,8H,3-5,7,12H2,1-2H3,(H2,13,14,15,16). The van der Waals surface area contributed by atoms with Gasteiger partial charge in [-0.2, -0.15) is 0 Å². The molecule has 0 bridgehead atoms. The molecule has 6 nitrogen and oxygen atoms in total. The zero-order valence-electron chi connectivity index (χ0n) is 10.4. The molecule has 1 heterocycles. The Morgan fingerprint density at radius 3 is 2.59 bits per heavy atom. The first kappa shape index (κ1) is 12.1. The number of anilines is 2. The maximum Gasteiger partial charge on any atom is 0.145 e. The van der Waals surface area contributed by atoms with Gasteiger partial charge in [0.1, 0.15) is 18.0 Å². The molecule has 0 atom stereocenters. The van der Waals surface area contributed by atoms with E-state index in [0.29, 0.717) is 5.82 Å². The predicted octanol–water partition coefficient (Wildman–Crippen LogP) is 0.658. The van der Waals surface area contributed by atoms with Crippen molar-refractivity contribution >= 4 is 11.6 Å². The second-order valence-electron chi connectivity index (χ2n) is 4.76. The number of nitrogen functional groups attached to an aromatic ring is 1. The van der Waals surface area contributed by atoms with Gasteiger partial charge in [0.15, 0.2) is 0 Å². The third-order valence-corrected chi connectivity index (χ3v) is 3.65. The molecule has 94 valence electrons. The maximum absolute atomic E-state index is 5.31. The summed E-state index contributed by atoms with van der Waals surface area (Å²) >= 11 is 0. The van der Waals surface area contributed by atoms with E-state index < -0.39 is 0 Å². The summed E-state index contributed by atoms with van der Waals surface area (Å²) in [6.07, 6.45) is 5.28. The molecule has 17 heavy (non-hydrogen) atoms. The molecule has 6 heteroatoms. The van der Waals surface area contributed by atoms with Gasteiger partial charge in [0.25, 0.3) is 0 Å². The normalized spacial score (nSPS) is 17.6. The van der Waals surface area contributed by atoms with E-state index in [4.69, 9.17) is 5.84 Å². The largest absolute Gasteiger partial charge is 0.368 e. The van der Waals surface area contributed by atoms with Gasteiger partial charge in [-0.15, -0.1) is 0 Å². The average Bonchev–Trinajstić information content (AvgIpc) is 2.27. The summed E-state index contributed by atoms with van der Waals surface area (Å²) < 4.78 is 0. The molecule has 1 saturated carbocycles. The molecule has 0 radical (unpaired) electrons. The molecule has 0 unspecified atom stereocenters. The van der Waals surface area contributed by atoms with Crippen LogP contribution in [0.25, 0.3) is 0 Å². The van der Waals surface area contributed by atoms with Crippen LogP contribution >= 0.6 is 0 Å². The lowest BCUT2D eigenvalue weighted by Crippen LogP contribution is -2.54. The predicted molar refractivity (Wildman–Crippen MR) is 68.6 cm³/mol. The van der Waals surface area contributed by atoms with Crippen LogP contribution in [-0.2, 0) is 0 Å². The Bertz CT molecular complexity index is 374. The smallest absolute Gasteiger partial charge is 0.145 e. The lowest BCUT2D eigenvalue weighted by atomic mass is 9.75. The van der Waals surface area contributed by atoms with Crippen molar-refractivity contribution in [1.82, 2.24) is 14.9 Å². The molecule has 2 rings (SSSR count). The van der Waals surface area contributed by atoms with Gasteiger partial charge in [0, 0.05) is 18.2 Å². The van der Waals surface area contributed by atoms with Crippen molar-refractivity contribution in [2.24, 2.45) is 5.84 Å². The fourth-order valence-corrected chi connectivity index (χ4v) is 2.15. The zero-order valence-corrected chi connectivity index (χ0v) is 10.4. The van der Waals surface area contributed by atoms with E-state index in [1.54, 1.807) is 0 Å². The highest BCUT2D eigenvalue weighted by Crippen LogP contribution is 2.36. The van der Waals surface area contributed by atoms with Crippen molar-refractivity contribution in [2.75, 3.05) is 31.4 Å². The van der Waals surface area contributed by atoms with Crippen molar-refractivity contribution in [3.63, 3.8) is 0 Å². The van der Waals surface area contributed by atoms with Gasteiger partial charge in [-0.05, 0) is 33.4 Å². The minimum atomic E-state index is 0.279. The molecule has 1 aromatic heterocycles. The van der Waals surface area contributed by atoms with Crippen LogP contribution in [0.3, 0.4) is 0 Å². The van der Waals surface area contributed by atoms with E-state index in [2.05, 4.69) is 39.7 Å². The number of nitrogens with one attached hydrogen (secondary N) is 2. The summed E-state index contributed by atoms with van der Waals surface area (Å²) in [5.41, 5.74) is 2.79. The number of nitrogens with zero attached hydrogens (tertiary/aromatic N) is 3. The van der Waals surface area contributed by atoms with E-state index in [1.807, 2.05) is 6.07 Å². The van der Waals surface area contributed by atoms with Crippen molar-refractivity contribution in [2.45, 2.75) is 24.8 Å². The highest BCUT2D eigenvalue weighted by molar-refractivity contribution is 5.45. The van der Waals surface area contributed by atoms with Gasteiger partial charge in [0.05, 0.1) is 0 Å². The summed E-state index contributed by atoms with van der Waals surface area (Å²) in [7, 11) is 4.27. The fourth-order valence-electron chi connectivity index (χ4n) is 2.15. The molecule has 1 aliphatic carbocycles. The van der Waals surface area contributed by atoms with Crippen molar-refractivity contribution in [3.8, 4) is 0 Å². The lowest BCUT2D eigenvalue weighted by Gasteiger charge is -2.47. The summed E-state index contributed by atoms with van der Waals surface area (Å²) in [6.45, 7) is 0.904. The quantitative estimate of drug-likeness (QED) is 0.515. The highest BCUT2D eigenvalue weighted by Gasteiger charge is 2.38. The number of rotatable bonds is 5. The van der Waals surface area contributed by atoms with Crippen LogP contribution < -0.4 is 16.6 Å². The van der Waals surface area contributed by atoms with Crippen LogP contribution in [0.2, 0.25) is 0 Å². The van der Waals surface area contributed by atoms with Crippen LogP contribution in [0.1, 0.15) is 19.3 Å². The van der Waals surface area contributed by atoms with Gasteiger partial charge in [-0.25, -0.2) is 15.8 Å². The van der Waals surface area contributed by atoms with Crippen molar-refractivity contribution < 1.29 is 0 Å². The first-order valence-electron chi connectivity index (χ1n) is 5.86. The number of aromatic nitrogens is 2. The fraction of sp³-hybridized carbons (Fsp3) is 0.636. The van der Waals surface area contributed by atoms with Crippen molar-refractivity contribution in [1.29, 1.82) is 0 Å².